The van der Waals surface area contributed by atoms with Crippen molar-refractivity contribution in [3.05, 3.63) is 0 Å². The van der Waals surface area contributed by atoms with E-state index in [2.05, 4.69) is 19.6 Å². The zero-order chi connectivity index (χ0) is 24.1. The van der Waals surface area contributed by atoms with Crippen LogP contribution in [-0.2, 0) is 18.3 Å². The summed E-state index contributed by atoms with van der Waals surface area (Å²) in [5.74, 6) is 0. The van der Waals surface area contributed by atoms with Gasteiger partial charge < -0.3 is 14.1 Å². The van der Waals surface area contributed by atoms with Crippen molar-refractivity contribution in [1.82, 2.24) is 0 Å². The average Bonchev–Trinajstić information content (AvgIpc) is 2.71. The molecule has 1 unspecified atom stereocenters. The molecule has 194 valence electrons. The van der Waals surface area contributed by atoms with Gasteiger partial charge in [-0.1, -0.05) is 90.4 Å². The Balaban J connectivity index is 3.40. The van der Waals surface area contributed by atoms with Crippen LogP contribution in [0.1, 0.15) is 96.8 Å². The van der Waals surface area contributed by atoms with Crippen molar-refractivity contribution in [1.29, 1.82) is 0 Å². The topological polar surface area (TPSA) is 65.0 Å². The molecular formula is C24H53NO5PS+. The number of phosphoric acid groups is 1. The number of ether oxygens (including phenoxy) is 1. The lowest BCUT2D eigenvalue weighted by Gasteiger charge is -2.24. The van der Waals surface area contributed by atoms with Gasteiger partial charge in [-0.25, -0.2) is 4.57 Å². The molecule has 0 spiro atoms. The van der Waals surface area contributed by atoms with Gasteiger partial charge in [0.25, 0.3) is 0 Å². The van der Waals surface area contributed by atoms with Gasteiger partial charge in [-0.3, -0.25) is 9.05 Å². The second-order valence-electron chi connectivity index (χ2n) is 9.94. The summed E-state index contributed by atoms with van der Waals surface area (Å²) in [6.07, 6.45) is 18.8. The second kappa shape index (κ2) is 20.7. The molecule has 0 aromatic heterocycles. The van der Waals surface area contributed by atoms with E-state index >= 15 is 0 Å². The SMILES string of the molecule is CCCCCCCCCCCCCCCCOC[C@H](S)COP(=O)(O)OCC[N+](C)(C)C. The number of hydrogen-bond acceptors (Lipinski definition) is 5. The number of unbranched alkanes of at least 4 members (excludes halogenated alkanes) is 13. The highest BCUT2D eigenvalue weighted by atomic mass is 32.1. The highest BCUT2D eigenvalue weighted by Gasteiger charge is 2.23. The number of nitrogens with zero attached hydrogens (tertiary/aromatic N) is 1. The standard InChI is InChI=1S/C24H52NO5PS/c1-5-6-7-8-9-10-11-12-13-14-15-16-17-18-20-28-22-24(32)23-30-31(26,27)29-21-19-25(2,3)4/h24H,5-23H2,1-4H3,(H-,26,27,32)/p+1/t24-/m0/s1. The van der Waals surface area contributed by atoms with Gasteiger partial charge in [0.2, 0.25) is 0 Å². The minimum Gasteiger partial charge on any atom is -0.380 e. The molecule has 0 amide bonds. The van der Waals surface area contributed by atoms with E-state index in [-0.39, 0.29) is 18.5 Å². The molecule has 0 aromatic carbocycles. The highest BCUT2D eigenvalue weighted by Crippen LogP contribution is 2.43. The van der Waals surface area contributed by atoms with E-state index in [1.54, 1.807) is 0 Å². The first-order valence-electron chi connectivity index (χ1n) is 12.8. The smallest absolute Gasteiger partial charge is 0.380 e. The number of likely N-dealkylation sites (N-methyl/N-ethyl adjacent to an activating group) is 1. The van der Waals surface area contributed by atoms with Crippen LogP contribution in [0.4, 0.5) is 0 Å². The lowest BCUT2D eigenvalue weighted by Crippen LogP contribution is -2.37. The first-order valence-corrected chi connectivity index (χ1v) is 14.9. The van der Waals surface area contributed by atoms with Crippen molar-refractivity contribution in [2.75, 3.05) is 54.1 Å². The molecule has 1 N–H and O–H groups in total. The Morgan fingerprint density at radius 1 is 0.750 bits per heavy atom. The second-order valence-corrected chi connectivity index (χ2v) is 12.1. The first kappa shape index (κ1) is 32.4. The molecule has 0 rings (SSSR count). The van der Waals surface area contributed by atoms with Crippen LogP contribution in [0.3, 0.4) is 0 Å². The normalized spacial score (nSPS) is 15.1. The van der Waals surface area contributed by atoms with Crippen LogP contribution in [0.5, 0.6) is 0 Å². The summed E-state index contributed by atoms with van der Waals surface area (Å²) >= 11 is 4.37. The molecule has 0 aliphatic rings. The van der Waals surface area contributed by atoms with Crippen LogP contribution in [0.25, 0.3) is 0 Å². The fourth-order valence-corrected chi connectivity index (χ4v) is 4.37. The van der Waals surface area contributed by atoms with E-state index < -0.39 is 7.82 Å². The zero-order valence-corrected chi connectivity index (χ0v) is 23.2. The molecule has 0 aliphatic carbocycles. The van der Waals surface area contributed by atoms with Crippen molar-refractivity contribution in [2.24, 2.45) is 0 Å². The van der Waals surface area contributed by atoms with Crippen LogP contribution in [-0.4, -0.2) is 68.7 Å². The molecule has 32 heavy (non-hydrogen) atoms. The zero-order valence-electron chi connectivity index (χ0n) is 21.4. The van der Waals surface area contributed by atoms with Crippen LogP contribution >= 0.6 is 20.5 Å². The van der Waals surface area contributed by atoms with Crippen molar-refractivity contribution in [3.8, 4) is 0 Å². The van der Waals surface area contributed by atoms with Gasteiger partial charge >= 0.3 is 7.82 Å². The Morgan fingerprint density at radius 2 is 1.22 bits per heavy atom. The number of hydrogen-bond donors (Lipinski definition) is 2. The minimum absolute atomic E-state index is 0.0278. The molecule has 0 aliphatic heterocycles. The van der Waals surface area contributed by atoms with E-state index in [1.807, 2.05) is 21.1 Å². The summed E-state index contributed by atoms with van der Waals surface area (Å²) < 4.78 is 28.1. The Bertz CT molecular complexity index is 462. The molecule has 8 heteroatoms. The van der Waals surface area contributed by atoms with Crippen molar-refractivity contribution >= 4 is 20.5 Å². The molecule has 6 nitrogen and oxygen atoms in total. The summed E-state index contributed by atoms with van der Waals surface area (Å²) in [5.41, 5.74) is 0. The molecule has 0 radical (unpaired) electrons. The van der Waals surface area contributed by atoms with Crippen molar-refractivity contribution in [2.45, 2.75) is 102 Å². The number of rotatable bonds is 24. The summed E-state index contributed by atoms with van der Waals surface area (Å²) in [7, 11) is 1.95. The maximum atomic E-state index is 11.9. The maximum Gasteiger partial charge on any atom is 0.472 e. The van der Waals surface area contributed by atoms with Gasteiger partial charge in [0.1, 0.15) is 13.2 Å². The molecule has 0 saturated carbocycles. The van der Waals surface area contributed by atoms with Gasteiger partial charge in [0, 0.05) is 11.9 Å². The van der Waals surface area contributed by atoms with Crippen LogP contribution < -0.4 is 0 Å². The molecule has 0 bridgehead atoms. The van der Waals surface area contributed by atoms with Crippen LogP contribution in [0.15, 0.2) is 0 Å². The van der Waals surface area contributed by atoms with Crippen LogP contribution in [0, 0.1) is 0 Å². The summed E-state index contributed by atoms with van der Waals surface area (Å²) in [4.78, 5) is 9.70. The van der Waals surface area contributed by atoms with Crippen molar-refractivity contribution in [3.63, 3.8) is 0 Å². The number of thiol groups is 1. The van der Waals surface area contributed by atoms with Gasteiger partial charge in [-0.2, -0.15) is 12.6 Å². The monoisotopic (exact) mass is 498 g/mol. The Labute approximate surface area is 204 Å². The molecule has 0 heterocycles. The van der Waals surface area contributed by atoms with Gasteiger partial charge in [0.15, 0.2) is 0 Å². The molecule has 0 saturated heterocycles. The minimum atomic E-state index is -4.02. The molecular weight excluding hydrogens is 445 g/mol. The summed E-state index contributed by atoms with van der Waals surface area (Å²) in [5, 5.41) is -0.246. The fraction of sp³-hybridized carbons (Fsp3) is 1.00. The predicted molar refractivity (Wildman–Crippen MR) is 139 cm³/mol. The van der Waals surface area contributed by atoms with Gasteiger partial charge in [-0.05, 0) is 6.42 Å². The Hall–Kier alpha value is 0.380. The fourth-order valence-electron chi connectivity index (χ4n) is 3.31. The largest absolute Gasteiger partial charge is 0.472 e. The predicted octanol–water partition coefficient (Wildman–Crippen LogP) is 6.62. The maximum absolute atomic E-state index is 11.9. The van der Waals surface area contributed by atoms with E-state index in [1.165, 1.54) is 83.5 Å². The van der Waals surface area contributed by atoms with Crippen LogP contribution in [0.2, 0.25) is 0 Å². The van der Waals surface area contributed by atoms with Gasteiger partial charge in [0.05, 0.1) is 34.4 Å². The Kier molecular flexibility index (Phi) is 21.0. The molecule has 2 atom stereocenters. The Morgan fingerprint density at radius 3 is 1.69 bits per heavy atom. The van der Waals surface area contributed by atoms with E-state index in [9.17, 15) is 9.46 Å². The highest BCUT2D eigenvalue weighted by molar-refractivity contribution is 7.81. The van der Waals surface area contributed by atoms with E-state index in [0.717, 1.165) is 6.42 Å². The van der Waals surface area contributed by atoms with E-state index in [4.69, 9.17) is 13.8 Å². The lowest BCUT2D eigenvalue weighted by atomic mass is 10.0. The third kappa shape index (κ3) is 25.0. The van der Waals surface area contributed by atoms with Gasteiger partial charge in [-0.15, -0.1) is 0 Å². The third-order valence-electron chi connectivity index (χ3n) is 5.40. The number of quaternary nitrogens is 1. The number of phosphoric ester groups is 1. The average molecular weight is 499 g/mol. The summed E-state index contributed by atoms with van der Waals surface area (Å²) in [6.45, 7) is 4.20. The summed E-state index contributed by atoms with van der Waals surface area (Å²) in [6, 6.07) is 0. The molecule has 0 aromatic rings. The van der Waals surface area contributed by atoms with Crippen molar-refractivity contribution < 1.29 is 27.7 Å². The quantitative estimate of drug-likeness (QED) is 0.0677. The lowest BCUT2D eigenvalue weighted by molar-refractivity contribution is -0.870. The first-order chi connectivity index (χ1) is 15.2. The third-order valence-corrected chi connectivity index (χ3v) is 6.68. The molecule has 0 fully saturated rings. The van der Waals surface area contributed by atoms with E-state index in [0.29, 0.717) is 24.2 Å².